The van der Waals surface area contributed by atoms with E-state index in [4.69, 9.17) is 0 Å². The van der Waals surface area contributed by atoms with Crippen LogP contribution in [-0.2, 0) is 21.7 Å². The van der Waals surface area contributed by atoms with Crippen LogP contribution >= 0.6 is 11.8 Å². The summed E-state index contributed by atoms with van der Waals surface area (Å²) in [4.78, 5) is 30.7. The molecule has 4 aromatic rings. The Morgan fingerprint density at radius 3 is 2.33 bits per heavy atom. The summed E-state index contributed by atoms with van der Waals surface area (Å²) in [5.41, 5.74) is 3.08. The van der Waals surface area contributed by atoms with Crippen molar-refractivity contribution in [3.05, 3.63) is 108 Å². The topological polar surface area (TPSA) is 52.7 Å². The Bertz CT molecular complexity index is 1480. The number of piperidine rings is 1. The highest BCUT2D eigenvalue weighted by Crippen LogP contribution is 2.35. The van der Waals surface area contributed by atoms with Crippen LogP contribution in [0.3, 0.4) is 0 Å². The molecule has 40 heavy (non-hydrogen) atoms. The van der Waals surface area contributed by atoms with Gasteiger partial charge < -0.3 is 15.1 Å². The Morgan fingerprint density at radius 1 is 0.900 bits per heavy atom. The zero-order valence-corrected chi connectivity index (χ0v) is 24.3. The van der Waals surface area contributed by atoms with Crippen LogP contribution in [0.4, 0.5) is 5.69 Å². The number of anilines is 1. The molecule has 0 saturated carbocycles. The van der Waals surface area contributed by atoms with Gasteiger partial charge in [0.05, 0.1) is 10.8 Å². The standard InChI is InChI=1S/C34H37N3O2S/c1-25(40-32-17-16-28-11-7-8-12-29(28)23-32)33(39)36(3)24-27-10-9-15-31(22-27)37-20-18-34(19-21-37,35-26(2)38)30-13-5-4-6-14-30/h4-17,22-23,25H,18-21,24H2,1-3H3,(H,35,38). The van der Waals surface area contributed by atoms with Gasteiger partial charge >= 0.3 is 0 Å². The number of hydrogen-bond donors (Lipinski definition) is 1. The van der Waals surface area contributed by atoms with Gasteiger partial charge in [-0.3, -0.25) is 9.59 Å². The molecule has 0 aliphatic carbocycles. The number of nitrogens with one attached hydrogen (secondary N) is 1. The van der Waals surface area contributed by atoms with E-state index in [1.165, 1.54) is 10.8 Å². The third-order valence-corrected chi connectivity index (χ3v) is 8.89. The average Bonchev–Trinajstić information content (AvgIpc) is 2.97. The van der Waals surface area contributed by atoms with Gasteiger partial charge in [-0.25, -0.2) is 0 Å². The minimum absolute atomic E-state index is 0.0000110. The van der Waals surface area contributed by atoms with Crippen LogP contribution < -0.4 is 10.2 Å². The van der Waals surface area contributed by atoms with E-state index >= 15 is 0 Å². The average molecular weight is 552 g/mol. The van der Waals surface area contributed by atoms with Gasteiger partial charge in [-0.2, -0.15) is 0 Å². The highest BCUT2D eigenvalue weighted by atomic mass is 32.2. The van der Waals surface area contributed by atoms with Crippen molar-refractivity contribution in [1.82, 2.24) is 10.2 Å². The van der Waals surface area contributed by atoms with Crippen molar-refractivity contribution < 1.29 is 9.59 Å². The zero-order chi connectivity index (χ0) is 28.1. The summed E-state index contributed by atoms with van der Waals surface area (Å²) in [5, 5.41) is 5.47. The maximum absolute atomic E-state index is 13.3. The van der Waals surface area contributed by atoms with Crippen LogP contribution in [0.1, 0.15) is 37.8 Å². The van der Waals surface area contributed by atoms with Gasteiger partial charge in [0.15, 0.2) is 0 Å². The van der Waals surface area contributed by atoms with E-state index in [1.807, 2.05) is 49.2 Å². The highest BCUT2D eigenvalue weighted by molar-refractivity contribution is 8.00. The molecule has 6 heteroatoms. The van der Waals surface area contributed by atoms with Crippen molar-refractivity contribution >= 4 is 40.0 Å². The van der Waals surface area contributed by atoms with Gasteiger partial charge in [0.2, 0.25) is 11.8 Å². The number of rotatable bonds is 8. The second kappa shape index (κ2) is 12.2. The lowest BCUT2D eigenvalue weighted by molar-refractivity contribution is -0.129. The predicted molar refractivity (Wildman–Crippen MR) is 166 cm³/mol. The molecule has 1 aliphatic heterocycles. The lowest BCUT2D eigenvalue weighted by Gasteiger charge is -2.43. The molecule has 0 spiro atoms. The van der Waals surface area contributed by atoms with E-state index in [9.17, 15) is 9.59 Å². The Kier molecular flexibility index (Phi) is 8.46. The lowest BCUT2D eigenvalue weighted by atomic mass is 9.80. The lowest BCUT2D eigenvalue weighted by Crippen LogP contribution is -2.52. The molecule has 1 aliphatic rings. The molecule has 206 valence electrons. The van der Waals surface area contributed by atoms with Crippen LogP contribution in [0.15, 0.2) is 102 Å². The Labute approximate surface area is 241 Å². The van der Waals surface area contributed by atoms with E-state index in [1.54, 1.807) is 18.7 Å². The molecule has 0 aromatic heterocycles. The molecule has 1 atom stereocenters. The fourth-order valence-electron chi connectivity index (χ4n) is 5.74. The Hall–Kier alpha value is -3.77. The molecule has 0 radical (unpaired) electrons. The second-order valence-corrected chi connectivity index (χ2v) is 12.2. The van der Waals surface area contributed by atoms with Gasteiger partial charge in [-0.1, -0.05) is 72.8 Å². The third kappa shape index (κ3) is 6.34. The predicted octanol–water partition coefficient (Wildman–Crippen LogP) is 6.61. The SMILES string of the molecule is CC(=O)NC1(c2ccccc2)CCN(c2cccc(CN(C)C(=O)C(C)Sc3ccc4ccccc4c3)c2)CC1. The molecule has 1 saturated heterocycles. The van der Waals surface area contributed by atoms with Crippen LogP contribution in [0.25, 0.3) is 10.8 Å². The number of fused-ring (bicyclic) bond motifs is 1. The molecular weight excluding hydrogens is 514 g/mol. The van der Waals surface area contributed by atoms with Crippen LogP contribution in [-0.4, -0.2) is 42.1 Å². The summed E-state index contributed by atoms with van der Waals surface area (Å²) in [6.45, 7) is 5.82. The minimum Gasteiger partial charge on any atom is -0.371 e. The van der Waals surface area contributed by atoms with Gasteiger partial charge in [0, 0.05) is 44.2 Å². The highest BCUT2D eigenvalue weighted by Gasteiger charge is 2.37. The quantitative estimate of drug-likeness (QED) is 0.250. The van der Waals surface area contributed by atoms with Crippen molar-refractivity contribution in [2.45, 2.75) is 48.9 Å². The first kappa shape index (κ1) is 27.8. The number of amides is 2. The van der Waals surface area contributed by atoms with Gasteiger partial charge in [-0.15, -0.1) is 11.8 Å². The largest absolute Gasteiger partial charge is 0.371 e. The molecule has 1 unspecified atom stereocenters. The van der Waals surface area contributed by atoms with Gasteiger partial charge in [0.25, 0.3) is 0 Å². The van der Waals surface area contributed by atoms with E-state index in [2.05, 4.69) is 76.9 Å². The molecule has 0 bridgehead atoms. The van der Waals surface area contributed by atoms with Crippen molar-refractivity contribution in [1.29, 1.82) is 0 Å². The van der Waals surface area contributed by atoms with E-state index in [-0.39, 0.29) is 22.6 Å². The Balaban J connectivity index is 1.21. The number of carbonyl (C=O) groups is 2. The fourth-order valence-corrected chi connectivity index (χ4v) is 6.77. The van der Waals surface area contributed by atoms with E-state index in [0.29, 0.717) is 6.54 Å². The van der Waals surface area contributed by atoms with Crippen molar-refractivity contribution in [3.8, 4) is 0 Å². The van der Waals surface area contributed by atoms with Crippen molar-refractivity contribution in [3.63, 3.8) is 0 Å². The summed E-state index contributed by atoms with van der Waals surface area (Å²) in [5.74, 6) is 0.115. The molecule has 4 aromatic carbocycles. The molecule has 1 fully saturated rings. The van der Waals surface area contributed by atoms with Gasteiger partial charge in [0.1, 0.15) is 0 Å². The maximum atomic E-state index is 13.3. The smallest absolute Gasteiger partial charge is 0.235 e. The molecule has 5 nitrogen and oxygen atoms in total. The van der Waals surface area contributed by atoms with Crippen LogP contribution in [0.2, 0.25) is 0 Å². The molecular formula is C34H37N3O2S. The van der Waals surface area contributed by atoms with Crippen LogP contribution in [0.5, 0.6) is 0 Å². The molecule has 5 rings (SSSR count). The second-order valence-electron chi connectivity index (χ2n) is 10.7. The normalized spacial score (nSPS) is 15.4. The first-order valence-electron chi connectivity index (χ1n) is 13.9. The minimum atomic E-state index is -0.341. The summed E-state index contributed by atoms with van der Waals surface area (Å²) >= 11 is 1.60. The summed E-state index contributed by atoms with van der Waals surface area (Å²) in [6, 6.07) is 33.5. The Morgan fingerprint density at radius 2 is 1.60 bits per heavy atom. The van der Waals surface area contributed by atoms with Crippen molar-refractivity contribution in [2.24, 2.45) is 0 Å². The summed E-state index contributed by atoms with van der Waals surface area (Å²) in [6.07, 6.45) is 1.67. The van der Waals surface area contributed by atoms with E-state index < -0.39 is 0 Å². The number of hydrogen-bond acceptors (Lipinski definition) is 4. The van der Waals surface area contributed by atoms with Crippen LogP contribution in [0, 0.1) is 0 Å². The first-order chi connectivity index (χ1) is 19.3. The monoisotopic (exact) mass is 551 g/mol. The number of thioether (sulfide) groups is 1. The third-order valence-electron chi connectivity index (χ3n) is 7.81. The number of carbonyl (C=O) groups excluding carboxylic acids is 2. The van der Waals surface area contributed by atoms with E-state index in [0.717, 1.165) is 47.6 Å². The molecule has 1 heterocycles. The number of nitrogens with zero attached hydrogens (tertiary/aromatic N) is 2. The number of benzene rings is 4. The fraction of sp³-hybridized carbons (Fsp3) is 0.294. The molecule has 2 amide bonds. The zero-order valence-electron chi connectivity index (χ0n) is 23.5. The molecule has 1 N–H and O–H groups in total. The maximum Gasteiger partial charge on any atom is 0.235 e. The summed E-state index contributed by atoms with van der Waals surface area (Å²) in [7, 11) is 1.88. The van der Waals surface area contributed by atoms with Gasteiger partial charge in [-0.05, 0) is 65.9 Å². The summed E-state index contributed by atoms with van der Waals surface area (Å²) < 4.78 is 0. The first-order valence-corrected chi connectivity index (χ1v) is 14.8. The van der Waals surface area contributed by atoms with Crippen molar-refractivity contribution in [2.75, 3.05) is 25.0 Å².